The van der Waals surface area contributed by atoms with Crippen LogP contribution in [0.15, 0.2) is 43.0 Å². The van der Waals surface area contributed by atoms with E-state index in [4.69, 9.17) is 9.47 Å². The van der Waals surface area contributed by atoms with Crippen molar-refractivity contribution in [1.29, 1.82) is 0 Å². The van der Waals surface area contributed by atoms with Crippen molar-refractivity contribution in [2.45, 2.75) is 19.1 Å². The molecule has 0 saturated heterocycles. The predicted octanol–water partition coefficient (Wildman–Crippen LogP) is 2.16. The molecule has 1 N–H and O–H groups in total. The van der Waals surface area contributed by atoms with Crippen LogP contribution < -0.4 is 0 Å². The first-order valence-electron chi connectivity index (χ1n) is 5.67. The lowest BCUT2D eigenvalue weighted by Crippen LogP contribution is -2.36. The molecule has 1 aromatic carbocycles. The normalized spacial score (nSPS) is 14.2. The monoisotopic (exact) mass is 236 g/mol. The van der Waals surface area contributed by atoms with Crippen molar-refractivity contribution in [3.63, 3.8) is 0 Å². The molecule has 0 heterocycles. The van der Waals surface area contributed by atoms with Gasteiger partial charge in [0.1, 0.15) is 5.60 Å². The zero-order valence-electron chi connectivity index (χ0n) is 10.3. The van der Waals surface area contributed by atoms with Gasteiger partial charge in [-0.25, -0.2) is 0 Å². The molecular weight excluding hydrogens is 216 g/mol. The Labute approximate surface area is 103 Å². The van der Waals surface area contributed by atoms with Gasteiger partial charge in [0.05, 0.1) is 26.4 Å². The third-order valence-corrected chi connectivity index (χ3v) is 2.17. The minimum absolute atomic E-state index is 0.244. The van der Waals surface area contributed by atoms with Gasteiger partial charge in [-0.2, -0.15) is 0 Å². The Bertz CT molecular complexity index is 319. The summed E-state index contributed by atoms with van der Waals surface area (Å²) in [4.78, 5) is 0. The zero-order valence-corrected chi connectivity index (χ0v) is 10.3. The van der Waals surface area contributed by atoms with Crippen molar-refractivity contribution in [3.05, 3.63) is 48.6 Å². The second-order valence-corrected chi connectivity index (χ2v) is 4.28. The molecule has 1 unspecified atom stereocenters. The van der Waals surface area contributed by atoms with Crippen LogP contribution >= 0.6 is 0 Å². The molecule has 0 aromatic heterocycles. The summed E-state index contributed by atoms with van der Waals surface area (Å²) >= 11 is 0. The second-order valence-electron chi connectivity index (χ2n) is 4.28. The van der Waals surface area contributed by atoms with E-state index in [-0.39, 0.29) is 13.2 Å². The van der Waals surface area contributed by atoms with Crippen molar-refractivity contribution in [2.24, 2.45) is 0 Å². The van der Waals surface area contributed by atoms with Crippen molar-refractivity contribution in [2.75, 3.05) is 19.8 Å². The van der Waals surface area contributed by atoms with E-state index >= 15 is 0 Å². The standard InChI is InChI=1S/C14H20O3/c1-3-9-16-11-14(2,15)12-17-10-13-7-5-4-6-8-13/h3-8,15H,1,9-12H2,2H3. The summed E-state index contributed by atoms with van der Waals surface area (Å²) in [5.74, 6) is 0. The molecule has 0 aliphatic carbocycles. The molecule has 3 nitrogen and oxygen atoms in total. The van der Waals surface area contributed by atoms with Gasteiger partial charge in [0, 0.05) is 0 Å². The molecule has 1 aromatic rings. The van der Waals surface area contributed by atoms with Gasteiger partial charge in [-0.05, 0) is 12.5 Å². The SMILES string of the molecule is C=CCOCC(C)(O)COCc1ccccc1. The third-order valence-electron chi connectivity index (χ3n) is 2.17. The van der Waals surface area contributed by atoms with E-state index in [1.165, 1.54) is 0 Å². The number of aliphatic hydroxyl groups is 1. The Hall–Kier alpha value is -1.16. The molecule has 17 heavy (non-hydrogen) atoms. The molecule has 1 rings (SSSR count). The maximum absolute atomic E-state index is 9.93. The quantitative estimate of drug-likeness (QED) is 0.555. The molecule has 0 aliphatic rings. The van der Waals surface area contributed by atoms with Crippen LogP contribution in [0.1, 0.15) is 12.5 Å². The van der Waals surface area contributed by atoms with Gasteiger partial charge in [-0.3, -0.25) is 0 Å². The fourth-order valence-corrected chi connectivity index (χ4v) is 1.37. The first-order valence-corrected chi connectivity index (χ1v) is 5.67. The lowest BCUT2D eigenvalue weighted by atomic mass is 10.1. The van der Waals surface area contributed by atoms with Gasteiger partial charge in [0.15, 0.2) is 0 Å². The predicted molar refractivity (Wildman–Crippen MR) is 67.7 cm³/mol. The Morgan fingerprint density at radius 2 is 1.88 bits per heavy atom. The lowest BCUT2D eigenvalue weighted by Gasteiger charge is -2.22. The largest absolute Gasteiger partial charge is 0.385 e. The van der Waals surface area contributed by atoms with Gasteiger partial charge in [0.2, 0.25) is 0 Å². The van der Waals surface area contributed by atoms with Crippen LogP contribution in [0.3, 0.4) is 0 Å². The first-order chi connectivity index (χ1) is 8.14. The van der Waals surface area contributed by atoms with Crippen molar-refractivity contribution >= 4 is 0 Å². The highest BCUT2D eigenvalue weighted by Gasteiger charge is 2.20. The average Bonchev–Trinajstić information content (AvgIpc) is 2.30. The molecule has 3 heteroatoms. The molecular formula is C14H20O3. The van der Waals surface area contributed by atoms with Crippen LogP contribution in [0.25, 0.3) is 0 Å². The highest BCUT2D eigenvalue weighted by Crippen LogP contribution is 2.07. The Balaban J connectivity index is 2.22. The Kier molecular flexibility index (Phi) is 5.91. The molecule has 0 radical (unpaired) electrons. The van der Waals surface area contributed by atoms with Gasteiger partial charge >= 0.3 is 0 Å². The molecule has 94 valence electrons. The molecule has 1 atom stereocenters. The fraction of sp³-hybridized carbons (Fsp3) is 0.429. The molecule has 0 bridgehead atoms. The van der Waals surface area contributed by atoms with E-state index in [1.54, 1.807) is 13.0 Å². The number of benzene rings is 1. The number of hydrogen-bond donors (Lipinski definition) is 1. The smallest absolute Gasteiger partial charge is 0.108 e. The number of rotatable bonds is 8. The summed E-state index contributed by atoms with van der Waals surface area (Å²) in [5.41, 5.74) is 0.132. The van der Waals surface area contributed by atoms with E-state index in [1.807, 2.05) is 30.3 Å². The first kappa shape index (κ1) is 13.9. The average molecular weight is 236 g/mol. The third kappa shape index (κ3) is 6.22. The van der Waals surface area contributed by atoms with Gasteiger partial charge < -0.3 is 14.6 Å². The van der Waals surface area contributed by atoms with Crippen molar-refractivity contribution in [1.82, 2.24) is 0 Å². The summed E-state index contributed by atoms with van der Waals surface area (Å²) in [7, 11) is 0. The summed E-state index contributed by atoms with van der Waals surface area (Å²) in [6, 6.07) is 9.86. The van der Waals surface area contributed by atoms with E-state index < -0.39 is 5.60 Å². The summed E-state index contributed by atoms with van der Waals surface area (Å²) < 4.78 is 10.7. The van der Waals surface area contributed by atoms with Crippen molar-refractivity contribution < 1.29 is 14.6 Å². The maximum Gasteiger partial charge on any atom is 0.108 e. The van der Waals surface area contributed by atoms with Crippen LogP contribution in [-0.2, 0) is 16.1 Å². The molecule has 0 fully saturated rings. The number of ether oxygens (including phenoxy) is 2. The molecule has 0 amide bonds. The van der Waals surface area contributed by atoms with Crippen LogP contribution in [-0.4, -0.2) is 30.5 Å². The molecule has 0 saturated carbocycles. The molecule has 0 spiro atoms. The number of hydrogen-bond acceptors (Lipinski definition) is 3. The molecule has 0 aliphatic heterocycles. The van der Waals surface area contributed by atoms with Crippen LogP contribution in [0.2, 0.25) is 0 Å². The second kappa shape index (κ2) is 7.22. The Morgan fingerprint density at radius 3 is 2.53 bits per heavy atom. The van der Waals surface area contributed by atoms with Crippen molar-refractivity contribution in [3.8, 4) is 0 Å². The van der Waals surface area contributed by atoms with E-state index in [9.17, 15) is 5.11 Å². The van der Waals surface area contributed by atoms with Gasteiger partial charge in [-0.1, -0.05) is 36.4 Å². The van der Waals surface area contributed by atoms with Crippen LogP contribution in [0.4, 0.5) is 0 Å². The summed E-state index contributed by atoms with van der Waals surface area (Å²) in [5, 5.41) is 9.93. The zero-order chi connectivity index (χ0) is 12.6. The van der Waals surface area contributed by atoms with E-state index in [0.29, 0.717) is 13.2 Å². The summed E-state index contributed by atoms with van der Waals surface area (Å²) in [6.45, 7) is 6.67. The highest BCUT2D eigenvalue weighted by atomic mass is 16.5. The van der Waals surface area contributed by atoms with Gasteiger partial charge in [0.25, 0.3) is 0 Å². The Morgan fingerprint density at radius 1 is 1.24 bits per heavy atom. The lowest BCUT2D eigenvalue weighted by molar-refractivity contribution is -0.0838. The van der Waals surface area contributed by atoms with E-state index in [2.05, 4.69) is 6.58 Å². The minimum Gasteiger partial charge on any atom is -0.385 e. The maximum atomic E-state index is 9.93. The van der Waals surface area contributed by atoms with Crippen LogP contribution in [0, 0.1) is 0 Å². The minimum atomic E-state index is -0.961. The van der Waals surface area contributed by atoms with Crippen LogP contribution in [0.5, 0.6) is 0 Å². The van der Waals surface area contributed by atoms with Gasteiger partial charge in [-0.15, -0.1) is 6.58 Å². The topological polar surface area (TPSA) is 38.7 Å². The fourth-order valence-electron chi connectivity index (χ4n) is 1.37. The summed E-state index contributed by atoms with van der Waals surface area (Å²) in [6.07, 6.45) is 1.65. The highest BCUT2D eigenvalue weighted by molar-refractivity contribution is 5.13. The van der Waals surface area contributed by atoms with E-state index in [0.717, 1.165) is 5.56 Å².